The molecule has 1 rings (SSSR count). The van der Waals surface area contributed by atoms with Gasteiger partial charge in [0, 0.05) is 7.05 Å². The molecule has 0 unspecified atom stereocenters. The summed E-state index contributed by atoms with van der Waals surface area (Å²) >= 11 is 5.50. The van der Waals surface area contributed by atoms with E-state index in [1.807, 2.05) is 0 Å². The van der Waals surface area contributed by atoms with E-state index < -0.39 is 21.7 Å². The Bertz CT molecular complexity index is 566. The molecular formula is C9H9ClFN3O2S. The molecule has 0 bridgehead atoms. The molecule has 0 atom stereocenters. The fourth-order valence-electron chi connectivity index (χ4n) is 0.941. The Morgan fingerprint density at radius 2 is 1.88 bits per heavy atom. The van der Waals surface area contributed by atoms with E-state index in [1.54, 1.807) is 0 Å². The zero-order valence-corrected chi connectivity index (χ0v) is 10.3. The first-order valence-corrected chi connectivity index (χ1v) is 6.17. The lowest BCUT2D eigenvalue weighted by Gasteiger charge is -2.00. The van der Waals surface area contributed by atoms with Crippen LogP contribution in [0.25, 0.3) is 0 Å². The number of rotatable bonds is 3. The van der Waals surface area contributed by atoms with Crippen LogP contribution in [0.15, 0.2) is 38.6 Å². The minimum absolute atomic E-state index is 0.178. The van der Waals surface area contributed by atoms with Gasteiger partial charge in [0.1, 0.15) is 5.82 Å². The summed E-state index contributed by atoms with van der Waals surface area (Å²) in [6.45, 7) is 0. The van der Waals surface area contributed by atoms with E-state index in [0.29, 0.717) is 0 Å². The lowest BCUT2D eigenvalue weighted by Crippen LogP contribution is -2.21. The van der Waals surface area contributed by atoms with Crippen molar-refractivity contribution in [3.05, 3.63) is 30.1 Å². The van der Waals surface area contributed by atoms with Gasteiger partial charge in [-0.3, -0.25) is 4.99 Å². The zero-order chi connectivity index (χ0) is 13.1. The number of sulfonamides is 1. The maximum Gasteiger partial charge on any atom is 0.284 e. The summed E-state index contributed by atoms with van der Waals surface area (Å²) in [5, 5.41) is -0.212. The van der Waals surface area contributed by atoms with Gasteiger partial charge in [-0.05, 0) is 24.3 Å². The highest BCUT2D eigenvalue weighted by atomic mass is 35.5. The van der Waals surface area contributed by atoms with E-state index in [1.165, 1.54) is 7.05 Å². The van der Waals surface area contributed by atoms with Gasteiger partial charge in [0.2, 0.25) is 0 Å². The summed E-state index contributed by atoms with van der Waals surface area (Å²) in [6, 6.07) is 4.18. The Kier molecular flexibility index (Phi) is 4.19. The molecule has 17 heavy (non-hydrogen) atoms. The highest BCUT2D eigenvalue weighted by molar-refractivity contribution is 7.90. The standard InChI is InChI=1S/C9H9ClFN3O2S/c1-13-8(10)9(12)14-17(15,16)7-4-2-6(11)3-5-7/h2-5H,1H3,(H2,12,14). The van der Waals surface area contributed by atoms with Crippen molar-refractivity contribution in [3.63, 3.8) is 0 Å². The third-order valence-corrected chi connectivity index (χ3v) is 3.41. The topological polar surface area (TPSA) is 84.9 Å². The van der Waals surface area contributed by atoms with Crippen LogP contribution in [0.5, 0.6) is 0 Å². The number of benzene rings is 1. The molecule has 2 N–H and O–H groups in total. The zero-order valence-electron chi connectivity index (χ0n) is 8.76. The van der Waals surface area contributed by atoms with E-state index >= 15 is 0 Å². The average Bonchev–Trinajstić information content (AvgIpc) is 2.27. The Labute approximate surface area is 103 Å². The van der Waals surface area contributed by atoms with Crippen LogP contribution < -0.4 is 5.73 Å². The summed E-state index contributed by atoms with van der Waals surface area (Å²) < 4.78 is 39.2. The number of hydrogen-bond donors (Lipinski definition) is 1. The maximum atomic E-state index is 12.6. The van der Waals surface area contributed by atoms with Crippen molar-refractivity contribution < 1.29 is 12.8 Å². The fourth-order valence-corrected chi connectivity index (χ4v) is 1.96. The normalized spacial score (nSPS) is 13.8. The predicted molar refractivity (Wildman–Crippen MR) is 64.4 cm³/mol. The molecule has 8 heteroatoms. The Balaban J connectivity index is 3.17. The maximum absolute atomic E-state index is 12.6. The van der Waals surface area contributed by atoms with Crippen LogP contribution in [0.1, 0.15) is 0 Å². The first-order valence-electron chi connectivity index (χ1n) is 4.35. The predicted octanol–water partition coefficient (Wildman–Crippen LogP) is 1.14. The number of nitrogens with two attached hydrogens (primary N) is 1. The van der Waals surface area contributed by atoms with Gasteiger partial charge in [0.25, 0.3) is 10.0 Å². The van der Waals surface area contributed by atoms with Crippen LogP contribution in [0, 0.1) is 5.82 Å². The van der Waals surface area contributed by atoms with Gasteiger partial charge in [-0.2, -0.15) is 8.42 Å². The highest BCUT2D eigenvalue weighted by Gasteiger charge is 2.14. The number of nitrogens with zero attached hydrogens (tertiary/aromatic N) is 2. The molecular weight excluding hydrogens is 269 g/mol. The van der Waals surface area contributed by atoms with E-state index in [4.69, 9.17) is 17.3 Å². The summed E-state index contributed by atoms with van der Waals surface area (Å²) in [5.41, 5.74) is 5.32. The summed E-state index contributed by atoms with van der Waals surface area (Å²) in [7, 11) is -2.66. The molecule has 0 aromatic heterocycles. The van der Waals surface area contributed by atoms with Gasteiger partial charge in [0.15, 0.2) is 11.0 Å². The van der Waals surface area contributed by atoms with Crippen LogP contribution in [-0.2, 0) is 10.0 Å². The Morgan fingerprint density at radius 3 is 2.35 bits per heavy atom. The van der Waals surface area contributed by atoms with Crippen molar-refractivity contribution in [2.75, 3.05) is 7.05 Å². The lowest BCUT2D eigenvalue weighted by molar-refractivity contribution is 0.596. The van der Waals surface area contributed by atoms with Crippen molar-refractivity contribution in [1.82, 2.24) is 0 Å². The van der Waals surface area contributed by atoms with Crippen molar-refractivity contribution in [3.8, 4) is 0 Å². The second-order valence-corrected chi connectivity index (χ2v) is 4.88. The summed E-state index contributed by atoms with van der Waals surface area (Å²) in [5.74, 6) is -0.965. The van der Waals surface area contributed by atoms with Crippen molar-refractivity contribution >= 4 is 32.6 Å². The molecule has 0 fully saturated rings. The third-order valence-electron chi connectivity index (χ3n) is 1.74. The van der Waals surface area contributed by atoms with Crippen molar-refractivity contribution in [2.45, 2.75) is 4.90 Å². The smallest absolute Gasteiger partial charge is 0.284 e. The number of hydrogen-bond acceptors (Lipinski definition) is 3. The second kappa shape index (κ2) is 5.24. The van der Waals surface area contributed by atoms with E-state index in [0.717, 1.165) is 24.3 Å². The Hall–Kier alpha value is -1.47. The summed E-state index contributed by atoms with van der Waals surface area (Å²) in [6.07, 6.45) is 0. The molecule has 0 aliphatic carbocycles. The molecule has 0 amide bonds. The first-order chi connectivity index (χ1) is 7.86. The van der Waals surface area contributed by atoms with Crippen molar-refractivity contribution in [2.24, 2.45) is 15.1 Å². The molecule has 0 aliphatic heterocycles. The van der Waals surface area contributed by atoms with Crippen LogP contribution in [0.3, 0.4) is 0 Å². The first kappa shape index (κ1) is 13.6. The Morgan fingerprint density at radius 1 is 1.35 bits per heavy atom. The molecule has 5 nitrogen and oxygen atoms in total. The largest absolute Gasteiger partial charge is 0.380 e. The molecule has 92 valence electrons. The minimum atomic E-state index is -4.00. The average molecular weight is 278 g/mol. The van der Waals surface area contributed by atoms with E-state index in [2.05, 4.69) is 9.39 Å². The van der Waals surface area contributed by atoms with E-state index in [9.17, 15) is 12.8 Å². The number of halogens is 2. The van der Waals surface area contributed by atoms with Gasteiger partial charge in [-0.25, -0.2) is 4.39 Å². The lowest BCUT2D eigenvalue weighted by atomic mass is 10.4. The molecule has 0 saturated heterocycles. The fraction of sp³-hybridized carbons (Fsp3) is 0.111. The quantitative estimate of drug-likeness (QED) is 0.664. The molecule has 0 aliphatic rings. The molecule has 0 heterocycles. The van der Waals surface area contributed by atoms with Gasteiger partial charge in [0.05, 0.1) is 4.90 Å². The van der Waals surface area contributed by atoms with Gasteiger partial charge in [-0.15, -0.1) is 4.40 Å². The van der Waals surface area contributed by atoms with Crippen LogP contribution in [0.4, 0.5) is 4.39 Å². The molecule has 1 aromatic carbocycles. The molecule has 1 aromatic rings. The van der Waals surface area contributed by atoms with Crippen LogP contribution >= 0.6 is 11.6 Å². The monoisotopic (exact) mass is 277 g/mol. The second-order valence-electron chi connectivity index (χ2n) is 2.92. The summed E-state index contributed by atoms with van der Waals surface area (Å²) in [4.78, 5) is 3.30. The van der Waals surface area contributed by atoms with Gasteiger partial charge < -0.3 is 5.73 Å². The van der Waals surface area contributed by atoms with E-state index in [-0.39, 0.29) is 10.1 Å². The number of amidine groups is 1. The third kappa shape index (κ3) is 3.50. The van der Waals surface area contributed by atoms with Crippen molar-refractivity contribution in [1.29, 1.82) is 0 Å². The minimum Gasteiger partial charge on any atom is -0.380 e. The molecule has 0 radical (unpaired) electrons. The highest BCUT2D eigenvalue weighted by Crippen LogP contribution is 2.13. The van der Waals surface area contributed by atoms with Crippen LogP contribution in [0.2, 0.25) is 0 Å². The number of aliphatic imine (C=N–C) groups is 1. The van der Waals surface area contributed by atoms with Gasteiger partial charge in [-0.1, -0.05) is 11.6 Å². The van der Waals surface area contributed by atoms with Gasteiger partial charge >= 0.3 is 0 Å². The molecule has 0 saturated carbocycles. The molecule has 0 spiro atoms. The SMILES string of the molecule is CN=C(Cl)C(N)=NS(=O)(=O)c1ccc(F)cc1. The van der Waals surface area contributed by atoms with Crippen LogP contribution in [-0.4, -0.2) is 26.5 Å².